The molecule has 0 aromatic heterocycles. The molecule has 1 rings (SSSR count). The van der Waals surface area contributed by atoms with Gasteiger partial charge in [0.25, 0.3) is 0 Å². The van der Waals surface area contributed by atoms with E-state index in [0.717, 1.165) is 5.56 Å². The second-order valence-electron chi connectivity index (χ2n) is 2.51. The molecule has 0 amide bonds. The Kier molecular flexibility index (Phi) is 3.52. The van der Waals surface area contributed by atoms with Gasteiger partial charge in [-0.15, -0.1) is 0 Å². The minimum atomic E-state index is -4.20. The SMILES string of the molecule is [Cl][Sb]([Cl])([Cl])([Cl])[CH2]c1ccccc1. The molecule has 12 heavy (non-hydrogen) atoms. The van der Waals surface area contributed by atoms with E-state index in [2.05, 4.69) is 0 Å². The third-order valence-corrected chi connectivity index (χ3v) is 6.88. The topological polar surface area (TPSA) is 0 Å². The number of hydrogen-bond acceptors (Lipinski definition) is 0. The zero-order chi connectivity index (χ0) is 9.27. The predicted octanol–water partition coefficient (Wildman–Crippen LogP) is 4.11. The van der Waals surface area contributed by atoms with Gasteiger partial charge in [0.1, 0.15) is 0 Å². The van der Waals surface area contributed by atoms with E-state index in [1.54, 1.807) is 0 Å². The van der Waals surface area contributed by atoms with Gasteiger partial charge >= 0.3 is 88.4 Å². The summed E-state index contributed by atoms with van der Waals surface area (Å²) < 4.78 is 0.389. The van der Waals surface area contributed by atoms with E-state index in [1.165, 1.54) is 0 Å². The van der Waals surface area contributed by atoms with Crippen molar-refractivity contribution in [2.45, 2.75) is 4.37 Å². The monoisotopic (exact) mass is 352 g/mol. The van der Waals surface area contributed by atoms with Crippen molar-refractivity contribution in [1.82, 2.24) is 0 Å². The van der Waals surface area contributed by atoms with Crippen LogP contribution in [0.2, 0.25) is 0 Å². The van der Waals surface area contributed by atoms with Crippen LogP contribution in [0.4, 0.5) is 0 Å². The van der Waals surface area contributed by atoms with E-state index >= 15 is 0 Å². The first-order chi connectivity index (χ1) is 5.33. The van der Waals surface area contributed by atoms with E-state index in [9.17, 15) is 0 Å². The van der Waals surface area contributed by atoms with E-state index in [1.807, 2.05) is 30.3 Å². The van der Waals surface area contributed by atoms with Crippen molar-refractivity contribution in [3.63, 3.8) is 0 Å². The summed E-state index contributed by atoms with van der Waals surface area (Å²) in [6.07, 6.45) is 0. The van der Waals surface area contributed by atoms with Gasteiger partial charge in [0.2, 0.25) is 0 Å². The normalized spacial score (nSPS) is 15.2. The Morgan fingerprint density at radius 1 is 0.917 bits per heavy atom. The first-order valence-electron chi connectivity index (χ1n) is 3.26. The Hall–Kier alpha value is 1.20. The van der Waals surface area contributed by atoms with Crippen molar-refractivity contribution in [2.75, 3.05) is 0 Å². The summed E-state index contributed by atoms with van der Waals surface area (Å²) in [5.74, 6) is 0. The Labute approximate surface area is 87.5 Å². The third-order valence-electron chi connectivity index (χ3n) is 1.26. The van der Waals surface area contributed by atoms with Crippen LogP contribution in [0.5, 0.6) is 0 Å². The van der Waals surface area contributed by atoms with Gasteiger partial charge < -0.3 is 0 Å². The van der Waals surface area contributed by atoms with Gasteiger partial charge in [0.15, 0.2) is 0 Å². The molecule has 68 valence electrons. The Bertz CT molecular complexity index is 254. The number of halogens is 4. The Balaban J connectivity index is 2.79. The molecular formula is C7H7Cl4Sb. The number of rotatable bonds is 2. The first kappa shape index (κ1) is 11.3. The van der Waals surface area contributed by atoms with E-state index in [-0.39, 0.29) is 0 Å². The van der Waals surface area contributed by atoms with Gasteiger partial charge in [-0.1, -0.05) is 0 Å². The molecule has 0 aliphatic heterocycles. The molecule has 0 aliphatic rings. The fourth-order valence-electron chi connectivity index (χ4n) is 0.859. The quantitative estimate of drug-likeness (QED) is 0.701. The maximum atomic E-state index is 5.82. The number of benzene rings is 1. The van der Waals surface area contributed by atoms with Gasteiger partial charge in [-0.05, 0) is 0 Å². The van der Waals surface area contributed by atoms with Crippen LogP contribution in [0.1, 0.15) is 5.56 Å². The average molecular weight is 355 g/mol. The van der Waals surface area contributed by atoms with Gasteiger partial charge in [-0.2, -0.15) is 0 Å². The molecule has 0 unspecified atom stereocenters. The molecule has 0 spiro atoms. The standard InChI is InChI=1S/C7H7.4ClH.Sb/c1-7-5-3-2-4-6-7;;;;;/h2-6H,1H2;4*1H;/q;;;;;+4/p-4. The summed E-state index contributed by atoms with van der Waals surface area (Å²) in [5.41, 5.74) is 0.981. The fraction of sp³-hybridized carbons (Fsp3) is 0.143. The van der Waals surface area contributed by atoms with Crippen molar-refractivity contribution in [2.24, 2.45) is 0 Å². The summed E-state index contributed by atoms with van der Waals surface area (Å²) in [7, 11) is 23.3. The van der Waals surface area contributed by atoms with Crippen molar-refractivity contribution >= 4 is 48.1 Å². The predicted molar refractivity (Wildman–Crippen MR) is 59.3 cm³/mol. The van der Waals surface area contributed by atoms with Crippen LogP contribution in [-0.2, 0) is 4.37 Å². The molecular weight excluding hydrogens is 348 g/mol. The maximum absolute atomic E-state index is 5.82. The number of hydrogen-bond donors (Lipinski definition) is 0. The van der Waals surface area contributed by atoms with Crippen molar-refractivity contribution in [3.8, 4) is 0 Å². The van der Waals surface area contributed by atoms with Crippen LogP contribution in [-0.4, -0.2) is 12.8 Å². The summed E-state index contributed by atoms with van der Waals surface area (Å²) in [6, 6.07) is 9.52. The van der Waals surface area contributed by atoms with Crippen LogP contribution in [0.15, 0.2) is 30.3 Å². The third kappa shape index (κ3) is 5.04. The van der Waals surface area contributed by atoms with E-state index in [0.29, 0.717) is 4.37 Å². The molecule has 0 saturated heterocycles. The van der Waals surface area contributed by atoms with Crippen LogP contribution < -0.4 is 0 Å². The van der Waals surface area contributed by atoms with Crippen LogP contribution in [0.25, 0.3) is 0 Å². The van der Waals surface area contributed by atoms with Gasteiger partial charge in [-0.3, -0.25) is 0 Å². The molecule has 0 nitrogen and oxygen atoms in total. The van der Waals surface area contributed by atoms with Crippen LogP contribution >= 0.6 is 35.3 Å². The second kappa shape index (κ2) is 3.75. The van der Waals surface area contributed by atoms with Crippen LogP contribution in [0, 0.1) is 0 Å². The molecule has 1 aromatic carbocycles. The molecule has 0 radical (unpaired) electrons. The van der Waals surface area contributed by atoms with E-state index < -0.39 is 12.8 Å². The fourth-order valence-corrected chi connectivity index (χ4v) is 6.74. The van der Waals surface area contributed by atoms with Gasteiger partial charge in [-0.25, -0.2) is 0 Å². The molecule has 0 aliphatic carbocycles. The molecule has 1 aromatic rings. The Morgan fingerprint density at radius 2 is 1.42 bits per heavy atom. The molecule has 0 bridgehead atoms. The minimum absolute atomic E-state index is 0.389. The first-order valence-corrected chi connectivity index (χ1v) is 18.0. The molecule has 0 N–H and O–H groups in total. The molecule has 0 atom stereocenters. The average Bonchev–Trinajstić information content (AvgIpc) is 1.83. The second-order valence-corrected chi connectivity index (χ2v) is 35.3. The van der Waals surface area contributed by atoms with E-state index in [4.69, 9.17) is 35.3 Å². The molecule has 0 saturated carbocycles. The zero-order valence-corrected chi connectivity index (χ0v) is 11.6. The summed E-state index contributed by atoms with van der Waals surface area (Å²) in [4.78, 5) is 0. The summed E-state index contributed by atoms with van der Waals surface area (Å²) in [5, 5.41) is 0. The Morgan fingerprint density at radius 3 is 1.83 bits per heavy atom. The molecule has 0 fully saturated rings. The summed E-state index contributed by atoms with van der Waals surface area (Å²) >= 11 is -4.20. The summed E-state index contributed by atoms with van der Waals surface area (Å²) in [6.45, 7) is 0. The van der Waals surface area contributed by atoms with Crippen LogP contribution in [0.3, 0.4) is 0 Å². The van der Waals surface area contributed by atoms with Gasteiger partial charge in [0.05, 0.1) is 0 Å². The molecule has 0 heterocycles. The van der Waals surface area contributed by atoms with Gasteiger partial charge in [0, 0.05) is 0 Å². The van der Waals surface area contributed by atoms with Crippen molar-refractivity contribution < 1.29 is 0 Å². The van der Waals surface area contributed by atoms with Crippen molar-refractivity contribution in [1.29, 1.82) is 0 Å². The molecule has 5 heteroatoms. The van der Waals surface area contributed by atoms with Crippen molar-refractivity contribution in [3.05, 3.63) is 35.9 Å². The zero-order valence-electron chi connectivity index (χ0n) is 6.05.